The van der Waals surface area contributed by atoms with E-state index in [2.05, 4.69) is 18.7 Å². The Hall–Kier alpha value is -2.36. The number of hydrogen-bond acceptors (Lipinski definition) is 6. The van der Waals surface area contributed by atoms with Crippen molar-refractivity contribution in [2.24, 2.45) is 11.8 Å². The number of nitrogens with zero attached hydrogens (tertiary/aromatic N) is 3. The number of carboxylic acids is 1. The third kappa shape index (κ3) is 3.31. The van der Waals surface area contributed by atoms with E-state index in [-0.39, 0.29) is 40.8 Å². The lowest BCUT2D eigenvalue weighted by atomic mass is 9.79. The van der Waals surface area contributed by atoms with Crippen LogP contribution in [0.3, 0.4) is 0 Å². The molecule has 1 aromatic carbocycles. The van der Waals surface area contributed by atoms with Crippen LogP contribution in [0.2, 0.25) is 0 Å². The number of carbonyl (C=O) groups is 3. The van der Waals surface area contributed by atoms with Gasteiger partial charge in [0.05, 0.1) is 29.8 Å². The summed E-state index contributed by atoms with van der Waals surface area (Å²) in [5.74, 6) is -2.06. The standard InChI is InChI=1S/C25H31N3O5S/c1-13-19-18(14(2)29)23(31)28(19)20(24(32)33)21(13)34-16-10-17-22(30)27(25(3,4)26(17)12-16)11-15-8-6-5-7-9-15/h5-9,13-14,16-19,29H,10-12H2,1-4H3,(H,32,33)/t13-,14-,16+,17+,18-,19-/m1/s1. The summed E-state index contributed by atoms with van der Waals surface area (Å²) in [6, 6.07) is 9.42. The highest BCUT2D eigenvalue weighted by atomic mass is 32.2. The molecule has 0 aromatic heterocycles. The molecule has 0 bridgehead atoms. The quantitative estimate of drug-likeness (QED) is 0.595. The molecule has 9 heteroatoms. The number of carboxylic acid groups (broad SMARTS) is 1. The first-order valence-electron chi connectivity index (χ1n) is 11.8. The van der Waals surface area contributed by atoms with Crippen molar-refractivity contribution >= 4 is 29.5 Å². The predicted molar refractivity (Wildman–Crippen MR) is 127 cm³/mol. The highest BCUT2D eigenvalue weighted by Gasteiger charge is 2.61. The first-order valence-corrected chi connectivity index (χ1v) is 12.7. The van der Waals surface area contributed by atoms with Gasteiger partial charge in [0.15, 0.2) is 0 Å². The molecule has 0 spiro atoms. The van der Waals surface area contributed by atoms with Crippen molar-refractivity contribution in [1.82, 2.24) is 14.7 Å². The molecule has 0 radical (unpaired) electrons. The van der Waals surface area contributed by atoms with Crippen molar-refractivity contribution in [2.45, 2.75) is 69.8 Å². The fourth-order valence-electron chi connectivity index (χ4n) is 6.22. The summed E-state index contributed by atoms with van der Waals surface area (Å²) < 4.78 is 0. The van der Waals surface area contributed by atoms with E-state index < -0.39 is 23.7 Å². The molecule has 0 aliphatic carbocycles. The van der Waals surface area contributed by atoms with Crippen molar-refractivity contribution in [3.8, 4) is 0 Å². The Morgan fingerprint density at radius 2 is 1.88 bits per heavy atom. The van der Waals surface area contributed by atoms with Crippen LogP contribution in [0.25, 0.3) is 0 Å². The van der Waals surface area contributed by atoms with Gasteiger partial charge >= 0.3 is 5.97 Å². The number of aliphatic carboxylic acids is 1. The summed E-state index contributed by atoms with van der Waals surface area (Å²) in [4.78, 5) is 44.3. The molecule has 0 saturated carbocycles. The highest BCUT2D eigenvalue weighted by molar-refractivity contribution is 8.03. The second kappa shape index (κ2) is 8.10. The van der Waals surface area contributed by atoms with Gasteiger partial charge in [-0.05, 0) is 32.8 Å². The van der Waals surface area contributed by atoms with E-state index in [0.717, 1.165) is 5.56 Å². The van der Waals surface area contributed by atoms with Crippen LogP contribution in [-0.2, 0) is 20.9 Å². The van der Waals surface area contributed by atoms with Gasteiger partial charge in [0.2, 0.25) is 11.8 Å². The molecule has 2 amide bonds. The zero-order valence-corrected chi connectivity index (χ0v) is 20.7. The highest BCUT2D eigenvalue weighted by Crippen LogP contribution is 2.53. The van der Waals surface area contributed by atoms with E-state index in [1.165, 1.54) is 16.7 Å². The van der Waals surface area contributed by atoms with Crippen molar-refractivity contribution in [3.05, 3.63) is 46.5 Å². The van der Waals surface area contributed by atoms with Gasteiger partial charge in [-0.15, -0.1) is 11.8 Å². The van der Waals surface area contributed by atoms with E-state index in [1.54, 1.807) is 6.92 Å². The number of thioether (sulfide) groups is 1. The molecule has 34 heavy (non-hydrogen) atoms. The van der Waals surface area contributed by atoms with Gasteiger partial charge in [0, 0.05) is 29.2 Å². The van der Waals surface area contributed by atoms with E-state index in [9.17, 15) is 24.6 Å². The number of carbonyl (C=O) groups excluding carboxylic acids is 2. The number of fused-ring (bicyclic) bond motifs is 2. The SMILES string of the molecule is C[C@@H](O)[C@H]1C(=O)N2C(C(=O)O)=C(S[C@H]3C[C@H]4C(=O)N(Cc5ccccc5)C(C)(C)N4C3)[C@H](C)[C@H]12. The monoisotopic (exact) mass is 485 g/mol. The van der Waals surface area contributed by atoms with Crippen LogP contribution >= 0.6 is 11.8 Å². The van der Waals surface area contributed by atoms with E-state index in [4.69, 9.17) is 0 Å². The lowest BCUT2D eigenvalue weighted by Gasteiger charge is -2.46. The van der Waals surface area contributed by atoms with Crippen molar-refractivity contribution in [1.29, 1.82) is 0 Å². The normalized spacial score (nSPS) is 33.3. The number of hydrogen-bond donors (Lipinski definition) is 2. The smallest absolute Gasteiger partial charge is 0.353 e. The number of rotatable bonds is 6. The molecule has 182 valence electrons. The fourth-order valence-corrected chi connectivity index (χ4v) is 7.75. The Morgan fingerprint density at radius 1 is 1.21 bits per heavy atom. The molecular formula is C25H31N3O5S. The maximum Gasteiger partial charge on any atom is 0.353 e. The molecular weight excluding hydrogens is 454 g/mol. The van der Waals surface area contributed by atoms with E-state index in [0.29, 0.717) is 24.4 Å². The molecule has 6 atom stereocenters. The fraction of sp³-hybridized carbons (Fsp3) is 0.560. The van der Waals surface area contributed by atoms with Gasteiger partial charge in [-0.1, -0.05) is 37.3 Å². The second-order valence-corrected chi connectivity index (χ2v) is 11.7. The van der Waals surface area contributed by atoms with Crippen LogP contribution in [0.1, 0.15) is 39.7 Å². The van der Waals surface area contributed by atoms with Gasteiger partial charge in [-0.2, -0.15) is 0 Å². The average molecular weight is 486 g/mol. The molecule has 4 heterocycles. The molecule has 4 aliphatic rings. The van der Waals surface area contributed by atoms with Crippen LogP contribution in [0.4, 0.5) is 0 Å². The first-order chi connectivity index (χ1) is 16.0. The van der Waals surface area contributed by atoms with Crippen LogP contribution in [-0.4, -0.2) is 78.3 Å². The van der Waals surface area contributed by atoms with Crippen molar-refractivity contribution in [2.75, 3.05) is 6.54 Å². The third-order valence-electron chi connectivity index (χ3n) is 7.97. The molecule has 5 rings (SSSR count). The van der Waals surface area contributed by atoms with Gasteiger partial charge in [-0.25, -0.2) is 4.79 Å². The van der Waals surface area contributed by atoms with Gasteiger partial charge in [-0.3, -0.25) is 14.5 Å². The van der Waals surface area contributed by atoms with Crippen LogP contribution in [0.5, 0.6) is 0 Å². The Bertz CT molecular complexity index is 1070. The molecule has 0 unspecified atom stereocenters. The zero-order valence-electron chi connectivity index (χ0n) is 19.8. The predicted octanol–water partition coefficient (Wildman–Crippen LogP) is 2.09. The third-order valence-corrected chi connectivity index (χ3v) is 9.46. The van der Waals surface area contributed by atoms with Crippen LogP contribution in [0, 0.1) is 11.8 Å². The molecule has 1 aromatic rings. The number of β-lactam (4-membered cyclic amide) rings is 1. The van der Waals surface area contributed by atoms with Gasteiger partial charge < -0.3 is 20.0 Å². The minimum Gasteiger partial charge on any atom is -0.477 e. The molecule has 3 fully saturated rings. The van der Waals surface area contributed by atoms with Crippen LogP contribution < -0.4 is 0 Å². The number of aliphatic hydroxyl groups is 1. The van der Waals surface area contributed by atoms with Gasteiger partial charge in [0.1, 0.15) is 5.70 Å². The Morgan fingerprint density at radius 3 is 2.47 bits per heavy atom. The Balaban J connectivity index is 1.34. The average Bonchev–Trinajstić information content (AvgIpc) is 3.35. The summed E-state index contributed by atoms with van der Waals surface area (Å²) in [5, 5.41) is 20.0. The summed E-state index contributed by atoms with van der Waals surface area (Å²) in [7, 11) is 0. The lowest BCUT2D eigenvalue weighted by Crippen LogP contribution is -2.63. The summed E-state index contributed by atoms with van der Waals surface area (Å²) in [6.07, 6.45) is -0.179. The van der Waals surface area contributed by atoms with Crippen LogP contribution in [0.15, 0.2) is 40.9 Å². The Labute approximate surface area is 203 Å². The number of aliphatic hydroxyl groups excluding tert-OH is 1. The molecule has 2 N–H and O–H groups in total. The first kappa shape index (κ1) is 23.4. The maximum absolute atomic E-state index is 13.4. The summed E-state index contributed by atoms with van der Waals surface area (Å²) >= 11 is 1.50. The second-order valence-electron chi connectivity index (χ2n) is 10.3. The van der Waals surface area contributed by atoms with E-state index in [1.807, 2.05) is 42.2 Å². The van der Waals surface area contributed by atoms with Crippen molar-refractivity contribution in [3.63, 3.8) is 0 Å². The molecule has 3 saturated heterocycles. The lowest BCUT2D eigenvalue weighted by molar-refractivity contribution is -0.163. The molecule has 8 nitrogen and oxygen atoms in total. The molecule has 4 aliphatic heterocycles. The minimum atomic E-state index is -1.11. The van der Waals surface area contributed by atoms with E-state index >= 15 is 0 Å². The topological polar surface area (TPSA) is 101 Å². The maximum atomic E-state index is 13.4. The van der Waals surface area contributed by atoms with Gasteiger partial charge in [0.25, 0.3) is 0 Å². The zero-order chi connectivity index (χ0) is 24.5. The van der Waals surface area contributed by atoms with Crippen molar-refractivity contribution < 1.29 is 24.6 Å². The number of amides is 2. The minimum absolute atomic E-state index is 0.0488. The summed E-state index contributed by atoms with van der Waals surface area (Å²) in [6.45, 7) is 8.88. The number of benzene rings is 1. The summed E-state index contributed by atoms with van der Waals surface area (Å²) in [5.41, 5.74) is 0.690. The largest absolute Gasteiger partial charge is 0.477 e. The Kier molecular flexibility index (Phi) is 5.57.